The van der Waals surface area contributed by atoms with E-state index in [1.807, 2.05) is 25.1 Å². The van der Waals surface area contributed by atoms with E-state index in [4.69, 9.17) is 9.47 Å². The molecule has 0 spiro atoms. The van der Waals surface area contributed by atoms with Gasteiger partial charge >= 0.3 is 5.97 Å². The van der Waals surface area contributed by atoms with Gasteiger partial charge in [-0.3, -0.25) is 4.79 Å². The number of carbonyl (C=O) groups excluding carboxylic acids is 1. The molecular weight excluding hydrogens is 580 g/mol. The summed E-state index contributed by atoms with van der Waals surface area (Å²) in [7, 11) is 0. The minimum Gasteiger partial charge on any atom is -0.462 e. The number of aliphatic hydroxyl groups is 2. The molecule has 0 saturated carbocycles. The number of hydrogen-bond acceptors (Lipinski definition) is 6. The molecule has 6 atom stereocenters. The fraction of sp³-hybridized carbons (Fsp3) is 0.821. The molecule has 1 aromatic rings. The Kier molecular flexibility index (Phi) is 19.2. The predicted octanol–water partition coefficient (Wildman–Crippen LogP) is 10.3. The number of ether oxygens (including phenoxy) is 2. The molecule has 45 heavy (non-hydrogen) atoms. The van der Waals surface area contributed by atoms with Gasteiger partial charge in [0.1, 0.15) is 10.9 Å². The maximum atomic E-state index is 12.8. The van der Waals surface area contributed by atoms with Crippen molar-refractivity contribution in [2.24, 2.45) is 0 Å². The molecule has 5 nitrogen and oxygen atoms in total. The summed E-state index contributed by atoms with van der Waals surface area (Å²) in [6.45, 7) is 4.27. The number of unbranched alkanes of at least 4 members (excludes halogenated alkanes) is 16. The number of rotatable bonds is 26. The van der Waals surface area contributed by atoms with Crippen LogP contribution in [0.1, 0.15) is 168 Å². The first-order valence-corrected chi connectivity index (χ1v) is 19.7. The van der Waals surface area contributed by atoms with Gasteiger partial charge in [-0.15, -0.1) is 11.8 Å². The Morgan fingerprint density at radius 3 is 1.67 bits per heavy atom. The molecule has 1 aromatic carbocycles. The van der Waals surface area contributed by atoms with Crippen molar-refractivity contribution in [1.29, 1.82) is 0 Å². The average molecular weight is 647 g/mol. The van der Waals surface area contributed by atoms with E-state index < -0.39 is 10.9 Å². The summed E-state index contributed by atoms with van der Waals surface area (Å²) in [5, 5.41) is 21.3. The number of esters is 1. The molecule has 2 heterocycles. The Hall–Kier alpha value is -1.08. The molecule has 2 aliphatic rings. The highest BCUT2D eigenvalue weighted by molar-refractivity contribution is 8.01. The number of thioether (sulfide) groups is 1. The van der Waals surface area contributed by atoms with Gasteiger partial charge in [-0.25, -0.2) is 0 Å². The molecule has 2 N–H and O–H groups in total. The summed E-state index contributed by atoms with van der Waals surface area (Å²) in [5.41, 5.74) is 0. The SMILES string of the molecule is CCCCCCCCCC[C@@H](O)[C@H]1CC[C@@H]([C@@H](O)CCCCCCCCCCCCC2(Sc3ccccc3)C[C@H](C)OC2=O)O1. The van der Waals surface area contributed by atoms with Crippen LogP contribution >= 0.6 is 11.8 Å². The second-order valence-electron chi connectivity index (χ2n) is 14.1. The highest BCUT2D eigenvalue weighted by Crippen LogP contribution is 2.46. The lowest BCUT2D eigenvalue weighted by Gasteiger charge is -2.24. The third-order valence-corrected chi connectivity index (χ3v) is 11.4. The number of cyclic esters (lactones) is 1. The van der Waals surface area contributed by atoms with E-state index >= 15 is 0 Å². The number of carbonyl (C=O) groups is 1. The summed E-state index contributed by atoms with van der Waals surface area (Å²) < 4.78 is 11.3. The summed E-state index contributed by atoms with van der Waals surface area (Å²) >= 11 is 1.70. The summed E-state index contributed by atoms with van der Waals surface area (Å²) in [6.07, 6.45) is 26.4. The quantitative estimate of drug-likeness (QED) is 0.0770. The molecule has 3 rings (SSSR count). The Balaban J connectivity index is 1.13. The minimum atomic E-state index is -0.423. The van der Waals surface area contributed by atoms with E-state index in [1.165, 1.54) is 96.3 Å². The molecule has 0 amide bonds. The maximum Gasteiger partial charge on any atom is 0.322 e. The molecule has 6 heteroatoms. The van der Waals surface area contributed by atoms with Crippen LogP contribution in [0.5, 0.6) is 0 Å². The van der Waals surface area contributed by atoms with Gasteiger partial charge < -0.3 is 19.7 Å². The summed E-state index contributed by atoms with van der Waals surface area (Å²) in [6, 6.07) is 10.3. The Morgan fingerprint density at radius 2 is 1.20 bits per heavy atom. The summed E-state index contributed by atoms with van der Waals surface area (Å²) in [4.78, 5) is 13.9. The van der Waals surface area contributed by atoms with Crippen LogP contribution in [0.25, 0.3) is 0 Å². The number of aliphatic hydroxyl groups excluding tert-OH is 2. The molecule has 1 unspecified atom stereocenters. The van der Waals surface area contributed by atoms with Gasteiger partial charge in [-0.2, -0.15) is 0 Å². The van der Waals surface area contributed by atoms with Gasteiger partial charge in [0, 0.05) is 11.3 Å². The van der Waals surface area contributed by atoms with Crippen LogP contribution in [0.3, 0.4) is 0 Å². The predicted molar refractivity (Wildman–Crippen MR) is 188 cm³/mol. The van der Waals surface area contributed by atoms with Crippen LogP contribution in [0.4, 0.5) is 0 Å². The van der Waals surface area contributed by atoms with Crippen LogP contribution < -0.4 is 0 Å². The number of hydrogen-bond donors (Lipinski definition) is 2. The fourth-order valence-electron chi connectivity index (χ4n) is 7.22. The summed E-state index contributed by atoms with van der Waals surface area (Å²) in [5.74, 6) is -0.0283. The topological polar surface area (TPSA) is 76.0 Å². The lowest BCUT2D eigenvalue weighted by atomic mass is 9.96. The van der Waals surface area contributed by atoms with Crippen molar-refractivity contribution in [2.45, 2.75) is 208 Å². The smallest absolute Gasteiger partial charge is 0.322 e. The van der Waals surface area contributed by atoms with Gasteiger partial charge in [-0.05, 0) is 51.2 Å². The molecule has 2 aliphatic heterocycles. The minimum absolute atomic E-state index is 0.00797. The lowest BCUT2D eigenvalue weighted by molar-refractivity contribution is -0.142. The third-order valence-electron chi connectivity index (χ3n) is 9.98. The third kappa shape index (κ3) is 14.7. The number of benzene rings is 1. The molecule has 2 fully saturated rings. The highest BCUT2D eigenvalue weighted by Gasteiger charge is 2.48. The van der Waals surface area contributed by atoms with Crippen LogP contribution in [0.2, 0.25) is 0 Å². The standard InChI is InChI=1S/C39H66O5S/c1-3-4-5-6-7-12-15-21-26-34(40)36-28-29-37(44-36)35(41)27-22-16-13-10-8-9-11-14-17-23-30-39(31-32(2)43-38(39)42)45-33-24-19-18-20-25-33/h18-20,24-25,32,34-37,40-41H,3-17,21-23,26-31H2,1-2H3/t32-,34+,35-,36+,37-,39?/m0/s1. The zero-order valence-electron chi connectivity index (χ0n) is 28.8. The van der Waals surface area contributed by atoms with Crippen molar-refractivity contribution in [1.82, 2.24) is 0 Å². The van der Waals surface area contributed by atoms with Crippen LogP contribution in [-0.2, 0) is 14.3 Å². The van der Waals surface area contributed by atoms with E-state index in [9.17, 15) is 15.0 Å². The first-order valence-electron chi connectivity index (χ1n) is 18.9. The van der Waals surface area contributed by atoms with Crippen molar-refractivity contribution < 1.29 is 24.5 Å². The second-order valence-corrected chi connectivity index (χ2v) is 15.5. The Bertz CT molecular complexity index is 897. The van der Waals surface area contributed by atoms with Crippen LogP contribution in [-0.4, -0.2) is 51.4 Å². The van der Waals surface area contributed by atoms with Crippen LogP contribution in [0, 0.1) is 0 Å². The zero-order valence-corrected chi connectivity index (χ0v) is 29.6. The van der Waals surface area contributed by atoms with Crippen LogP contribution in [0.15, 0.2) is 35.2 Å². The second kappa shape index (κ2) is 22.5. The average Bonchev–Trinajstić information content (AvgIpc) is 3.64. The molecule has 2 saturated heterocycles. The van der Waals surface area contributed by atoms with Gasteiger partial charge in [0.15, 0.2) is 0 Å². The molecule has 0 aliphatic carbocycles. The van der Waals surface area contributed by atoms with Crippen molar-refractivity contribution in [3.8, 4) is 0 Å². The molecule has 0 aromatic heterocycles. The monoisotopic (exact) mass is 646 g/mol. The van der Waals surface area contributed by atoms with E-state index in [0.29, 0.717) is 0 Å². The van der Waals surface area contributed by atoms with E-state index in [0.717, 1.165) is 62.7 Å². The molecular formula is C39H66O5S. The molecule has 0 radical (unpaired) electrons. The molecule has 0 bridgehead atoms. The van der Waals surface area contributed by atoms with Crippen molar-refractivity contribution >= 4 is 17.7 Å². The first-order chi connectivity index (χ1) is 21.9. The Labute approximate surface area is 280 Å². The van der Waals surface area contributed by atoms with Gasteiger partial charge in [0.25, 0.3) is 0 Å². The fourth-order valence-corrected chi connectivity index (χ4v) is 8.67. The van der Waals surface area contributed by atoms with E-state index in [1.54, 1.807) is 11.8 Å². The Morgan fingerprint density at radius 1 is 0.733 bits per heavy atom. The zero-order chi connectivity index (χ0) is 32.2. The van der Waals surface area contributed by atoms with E-state index in [2.05, 4.69) is 19.1 Å². The largest absolute Gasteiger partial charge is 0.462 e. The van der Waals surface area contributed by atoms with Crippen molar-refractivity contribution in [3.63, 3.8) is 0 Å². The first kappa shape index (κ1) is 38.4. The maximum absolute atomic E-state index is 12.8. The van der Waals surface area contributed by atoms with Gasteiger partial charge in [0.05, 0.1) is 24.4 Å². The van der Waals surface area contributed by atoms with Gasteiger partial charge in [-0.1, -0.05) is 141 Å². The van der Waals surface area contributed by atoms with Crippen molar-refractivity contribution in [3.05, 3.63) is 30.3 Å². The highest BCUT2D eigenvalue weighted by atomic mass is 32.2. The molecule has 258 valence electrons. The van der Waals surface area contributed by atoms with Gasteiger partial charge in [0.2, 0.25) is 0 Å². The lowest BCUT2D eigenvalue weighted by Crippen LogP contribution is -2.31. The normalized spacial score (nSPS) is 24.6. The van der Waals surface area contributed by atoms with Crippen molar-refractivity contribution in [2.75, 3.05) is 0 Å². The van der Waals surface area contributed by atoms with E-state index in [-0.39, 0.29) is 30.4 Å².